The monoisotopic (exact) mass is 287 g/mol. The summed E-state index contributed by atoms with van der Waals surface area (Å²) in [6.45, 7) is 1.52. The molecule has 1 aromatic carbocycles. The molecule has 3 rings (SSSR count). The highest BCUT2D eigenvalue weighted by Gasteiger charge is 2.17. The molecule has 1 fully saturated rings. The molecule has 1 saturated heterocycles. The van der Waals surface area contributed by atoms with E-state index in [1.54, 1.807) is 18.3 Å². The first-order valence-electron chi connectivity index (χ1n) is 7.13. The third-order valence-electron chi connectivity index (χ3n) is 3.74. The maximum absolute atomic E-state index is 11.1. The van der Waals surface area contributed by atoms with Gasteiger partial charge in [-0.1, -0.05) is 0 Å². The third-order valence-corrected chi connectivity index (χ3v) is 3.74. The zero-order valence-electron chi connectivity index (χ0n) is 11.6. The first-order chi connectivity index (χ1) is 10.3. The Morgan fingerprint density at radius 2 is 2.29 bits per heavy atom. The number of nitrogens with zero attached hydrogens (tertiary/aromatic N) is 2. The number of ether oxygens (including phenoxy) is 1. The molecule has 1 unspecified atom stereocenters. The van der Waals surface area contributed by atoms with Gasteiger partial charge in [0.05, 0.1) is 11.0 Å². The fourth-order valence-electron chi connectivity index (χ4n) is 2.65. The van der Waals surface area contributed by atoms with Gasteiger partial charge in [-0.2, -0.15) is 0 Å². The Morgan fingerprint density at radius 1 is 1.38 bits per heavy atom. The number of nitrogens with one attached hydrogen (secondary N) is 1. The highest BCUT2D eigenvalue weighted by Crippen LogP contribution is 2.29. The summed E-state index contributed by atoms with van der Waals surface area (Å²) in [5, 5.41) is 15.2. The SMILES string of the molecule is O=[N+]([O-])c1ccc(NCC2CCCCO2)c2cccnc12. The van der Waals surface area contributed by atoms with Crippen molar-refractivity contribution in [2.24, 2.45) is 0 Å². The zero-order valence-corrected chi connectivity index (χ0v) is 11.6. The van der Waals surface area contributed by atoms with Gasteiger partial charge in [0.15, 0.2) is 0 Å². The lowest BCUT2D eigenvalue weighted by Gasteiger charge is -2.23. The summed E-state index contributed by atoms with van der Waals surface area (Å²) < 4.78 is 5.69. The number of nitro groups is 1. The van der Waals surface area contributed by atoms with E-state index in [0.717, 1.165) is 30.5 Å². The molecule has 6 nitrogen and oxygen atoms in total. The average molecular weight is 287 g/mol. The molecule has 0 amide bonds. The molecule has 1 aromatic heterocycles. The van der Waals surface area contributed by atoms with Crippen LogP contribution in [0.3, 0.4) is 0 Å². The van der Waals surface area contributed by atoms with Gasteiger partial charge in [-0.3, -0.25) is 10.1 Å². The number of hydrogen-bond donors (Lipinski definition) is 1. The van der Waals surface area contributed by atoms with Crippen molar-refractivity contribution in [3.8, 4) is 0 Å². The van der Waals surface area contributed by atoms with Crippen LogP contribution >= 0.6 is 0 Å². The van der Waals surface area contributed by atoms with Gasteiger partial charge < -0.3 is 10.1 Å². The Labute approximate surface area is 122 Å². The van der Waals surface area contributed by atoms with Crippen molar-refractivity contribution in [1.82, 2.24) is 4.98 Å². The van der Waals surface area contributed by atoms with E-state index in [1.807, 2.05) is 6.07 Å². The summed E-state index contributed by atoms with van der Waals surface area (Å²) >= 11 is 0. The van der Waals surface area contributed by atoms with E-state index in [0.29, 0.717) is 12.1 Å². The van der Waals surface area contributed by atoms with Crippen molar-refractivity contribution in [2.45, 2.75) is 25.4 Å². The summed E-state index contributed by atoms with van der Waals surface area (Å²) in [6.07, 6.45) is 5.15. The Hall–Kier alpha value is -2.21. The van der Waals surface area contributed by atoms with E-state index in [-0.39, 0.29) is 11.8 Å². The first-order valence-corrected chi connectivity index (χ1v) is 7.13. The summed E-state index contributed by atoms with van der Waals surface area (Å²) in [4.78, 5) is 14.8. The van der Waals surface area contributed by atoms with Crippen LogP contribution in [0.2, 0.25) is 0 Å². The molecule has 0 bridgehead atoms. The second-order valence-corrected chi connectivity index (χ2v) is 5.16. The van der Waals surface area contributed by atoms with Gasteiger partial charge in [-0.15, -0.1) is 0 Å². The van der Waals surface area contributed by atoms with Gasteiger partial charge in [0.2, 0.25) is 0 Å². The molecule has 21 heavy (non-hydrogen) atoms. The number of pyridine rings is 1. The minimum Gasteiger partial charge on any atom is -0.382 e. The normalized spacial score (nSPS) is 18.6. The summed E-state index contributed by atoms with van der Waals surface area (Å²) in [5.41, 5.74) is 1.31. The lowest BCUT2D eigenvalue weighted by atomic mass is 10.1. The van der Waals surface area contributed by atoms with Gasteiger partial charge in [0, 0.05) is 36.5 Å². The molecule has 1 atom stereocenters. The van der Waals surface area contributed by atoms with Crippen LogP contribution in [0.25, 0.3) is 10.9 Å². The van der Waals surface area contributed by atoms with Crippen LogP contribution in [-0.4, -0.2) is 29.2 Å². The maximum atomic E-state index is 11.1. The van der Waals surface area contributed by atoms with Crippen LogP contribution in [0.15, 0.2) is 30.5 Å². The van der Waals surface area contributed by atoms with Crippen LogP contribution < -0.4 is 5.32 Å². The fraction of sp³-hybridized carbons (Fsp3) is 0.400. The molecule has 6 heteroatoms. The van der Waals surface area contributed by atoms with Gasteiger partial charge in [0.1, 0.15) is 5.52 Å². The van der Waals surface area contributed by atoms with Crippen molar-refractivity contribution in [3.05, 3.63) is 40.6 Å². The molecular weight excluding hydrogens is 270 g/mol. The second kappa shape index (κ2) is 6.05. The number of benzene rings is 1. The van der Waals surface area contributed by atoms with Crippen molar-refractivity contribution in [3.63, 3.8) is 0 Å². The lowest BCUT2D eigenvalue weighted by Crippen LogP contribution is -2.27. The van der Waals surface area contributed by atoms with E-state index in [2.05, 4.69) is 10.3 Å². The number of rotatable bonds is 4. The Bertz CT molecular complexity index is 654. The van der Waals surface area contributed by atoms with Crippen LogP contribution in [0.1, 0.15) is 19.3 Å². The fourth-order valence-corrected chi connectivity index (χ4v) is 2.65. The number of nitro benzene ring substituents is 1. The lowest BCUT2D eigenvalue weighted by molar-refractivity contribution is -0.383. The van der Waals surface area contributed by atoms with Crippen LogP contribution in [-0.2, 0) is 4.74 Å². The van der Waals surface area contributed by atoms with E-state index in [1.165, 1.54) is 12.5 Å². The standard InChI is InChI=1S/C15H17N3O3/c19-18(20)14-7-6-13(12-5-3-8-16-15(12)14)17-10-11-4-1-2-9-21-11/h3,5-8,11,17H,1-2,4,9-10H2. The first kappa shape index (κ1) is 13.8. The van der Waals surface area contributed by atoms with Gasteiger partial charge >= 0.3 is 0 Å². The van der Waals surface area contributed by atoms with Gasteiger partial charge in [-0.05, 0) is 37.5 Å². The largest absolute Gasteiger partial charge is 0.382 e. The number of hydrogen-bond acceptors (Lipinski definition) is 5. The quantitative estimate of drug-likeness (QED) is 0.690. The molecular formula is C15H17N3O3. The Morgan fingerprint density at radius 3 is 3.05 bits per heavy atom. The molecule has 2 aromatic rings. The number of aromatic nitrogens is 1. The highest BCUT2D eigenvalue weighted by molar-refractivity contribution is 5.96. The predicted octanol–water partition coefficient (Wildman–Crippen LogP) is 3.12. The molecule has 0 saturated carbocycles. The third kappa shape index (κ3) is 2.95. The Kier molecular flexibility index (Phi) is 3.96. The van der Waals surface area contributed by atoms with Crippen LogP contribution in [0.5, 0.6) is 0 Å². The molecule has 0 spiro atoms. The maximum Gasteiger partial charge on any atom is 0.295 e. The van der Waals surface area contributed by atoms with Crippen molar-refractivity contribution < 1.29 is 9.66 Å². The number of non-ortho nitro benzene ring substituents is 1. The molecule has 0 radical (unpaired) electrons. The van der Waals surface area contributed by atoms with Crippen molar-refractivity contribution >= 4 is 22.3 Å². The topological polar surface area (TPSA) is 77.3 Å². The average Bonchev–Trinajstić information content (AvgIpc) is 2.53. The molecule has 110 valence electrons. The number of anilines is 1. The highest BCUT2D eigenvalue weighted by atomic mass is 16.6. The molecule has 1 aliphatic heterocycles. The van der Waals surface area contributed by atoms with Gasteiger partial charge in [-0.25, -0.2) is 4.98 Å². The van der Waals surface area contributed by atoms with E-state index < -0.39 is 4.92 Å². The minimum absolute atomic E-state index is 0.0325. The molecule has 1 aliphatic rings. The summed E-state index contributed by atoms with van der Waals surface area (Å²) in [5.74, 6) is 0. The zero-order chi connectivity index (χ0) is 14.7. The smallest absolute Gasteiger partial charge is 0.295 e. The molecule has 1 N–H and O–H groups in total. The Balaban J connectivity index is 1.85. The molecule has 2 heterocycles. The minimum atomic E-state index is -0.399. The van der Waals surface area contributed by atoms with E-state index in [9.17, 15) is 10.1 Å². The molecule has 0 aliphatic carbocycles. The van der Waals surface area contributed by atoms with Crippen LogP contribution in [0.4, 0.5) is 11.4 Å². The van der Waals surface area contributed by atoms with Crippen LogP contribution in [0, 0.1) is 10.1 Å². The summed E-state index contributed by atoms with van der Waals surface area (Å²) in [7, 11) is 0. The van der Waals surface area contributed by atoms with E-state index >= 15 is 0 Å². The predicted molar refractivity (Wildman–Crippen MR) is 80.5 cm³/mol. The van der Waals surface area contributed by atoms with Crippen molar-refractivity contribution in [2.75, 3.05) is 18.5 Å². The number of fused-ring (bicyclic) bond motifs is 1. The van der Waals surface area contributed by atoms with E-state index in [4.69, 9.17) is 4.74 Å². The van der Waals surface area contributed by atoms with Gasteiger partial charge in [0.25, 0.3) is 5.69 Å². The van der Waals surface area contributed by atoms with Crippen molar-refractivity contribution in [1.29, 1.82) is 0 Å². The summed E-state index contributed by atoms with van der Waals surface area (Å²) in [6, 6.07) is 6.87. The second-order valence-electron chi connectivity index (χ2n) is 5.16.